The Morgan fingerprint density at radius 3 is 2.68 bits per heavy atom. The van der Waals surface area contributed by atoms with E-state index in [1.165, 1.54) is 0 Å². The molecule has 0 saturated carbocycles. The predicted molar refractivity (Wildman–Crippen MR) is 72.0 cm³/mol. The lowest BCUT2D eigenvalue weighted by Gasteiger charge is -2.16. The molecular weight excluding hydrogens is 246 g/mol. The molecule has 0 spiro atoms. The number of aliphatic hydroxyl groups is 1. The molecule has 3 N–H and O–H groups in total. The van der Waals surface area contributed by atoms with Crippen LogP contribution >= 0.6 is 0 Å². The van der Waals surface area contributed by atoms with Gasteiger partial charge >= 0.3 is 5.69 Å². The molecule has 0 aliphatic heterocycles. The summed E-state index contributed by atoms with van der Waals surface area (Å²) in [6.07, 6.45) is 1.50. The van der Waals surface area contributed by atoms with Crippen molar-refractivity contribution >= 4 is 5.91 Å². The average molecular weight is 267 g/mol. The van der Waals surface area contributed by atoms with Crippen LogP contribution in [0.15, 0.2) is 4.79 Å². The minimum atomic E-state index is -0.397. The first-order valence-corrected chi connectivity index (χ1v) is 6.44. The molecule has 0 saturated heterocycles. The van der Waals surface area contributed by atoms with Gasteiger partial charge in [0.05, 0.1) is 6.42 Å². The highest BCUT2D eigenvalue weighted by atomic mass is 16.3. The van der Waals surface area contributed by atoms with Crippen molar-refractivity contribution in [3.63, 3.8) is 0 Å². The summed E-state index contributed by atoms with van der Waals surface area (Å²) in [6, 6.07) is -0.0196. The molecule has 0 aliphatic carbocycles. The van der Waals surface area contributed by atoms with E-state index in [-0.39, 0.29) is 25.0 Å². The van der Waals surface area contributed by atoms with Crippen LogP contribution in [0.2, 0.25) is 0 Å². The fraction of sp³-hybridized carbons (Fsp3) is 0.615. The van der Waals surface area contributed by atoms with Crippen molar-refractivity contribution < 1.29 is 9.90 Å². The quantitative estimate of drug-likeness (QED) is 0.686. The molecule has 1 rings (SSSR count). The largest absolute Gasteiger partial charge is 0.396 e. The van der Waals surface area contributed by atoms with E-state index in [9.17, 15) is 9.59 Å². The number of carbonyl (C=O) groups excluding carboxylic acids is 1. The normalized spacial score (nSPS) is 12.2. The van der Waals surface area contributed by atoms with Crippen molar-refractivity contribution in [2.45, 2.75) is 46.1 Å². The first-order valence-electron chi connectivity index (χ1n) is 6.44. The minimum absolute atomic E-state index is 0.0196. The lowest BCUT2D eigenvalue weighted by Crippen LogP contribution is -2.36. The van der Waals surface area contributed by atoms with Crippen LogP contribution in [0.25, 0.3) is 0 Å². The zero-order valence-corrected chi connectivity index (χ0v) is 11.6. The monoisotopic (exact) mass is 267 g/mol. The van der Waals surface area contributed by atoms with Gasteiger partial charge in [-0.3, -0.25) is 4.79 Å². The molecule has 0 fully saturated rings. The second-order valence-electron chi connectivity index (χ2n) is 4.59. The number of aromatic nitrogens is 2. The summed E-state index contributed by atoms with van der Waals surface area (Å²) in [6.45, 7) is 5.48. The van der Waals surface area contributed by atoms with Gasteiger partial charge in [-0.2, -0.15) is 4.98 Å². The van der Waals surface area contributed by atoms with E-state index in [2.05, 4.69) is 15.3 Å². The van der Waals surface area contributed by atoms with E-state index in [0.29, 0.717) is 17.8 Å². The van der Waals surface area contributed by atoms with Crippen LogP contribution in [0.5, 0.6) is 0 Å². The molecule has 1 heterocycles. The molecule has 1 aromatic heterocycles. The van der Waals surface area contributed by atoms with E-state index >= 15 is 0 Å². The minimum Gasteiger partial charge on any atom is -0.396 e. The van der Waals surface area contributed by atoms with Crippen LogP contribution in [0.4, 0.5) is 0 Å². The van der Waals surface area contributed by atoms with Crippen molar-refractivity contribution in [1.29, 1.82) is 0 Å². The molecule has 0 aromatic carbocycles. The van der Waals surface area contributed by atoms with Gasteiger partial charge in [0.25, 0.3) is 0 Å². The maximum atomic E-state index is 11.9. The summed E-state index contributed by atoms with van der Waals surface area (Å²) in [7, 11) is 0. The Labute approximate surface area is 112 Å². The summed E-state index contributed by atoms with van der Waals surface area (Å²) in [5, 5.41) is 11.8. The van der Waals surface area contributed by atoms with E-state index in [4.69, 9.17) is 5.11 Å². The summed E-state index contributed by atoms with van der Waals surface area (Å²) in [5.74, 6) is -0.125. The number of aryl methyl sites for hydroxylation is 2. The molecule has 0 aliphatic rings. The van der Waals surface area contributed by atoms with Crippen LogP contribution in [0.1, 0.15) is 36.7 Å². The van der Waals surface area contributed by atoms with Gasteiger partial charge < -0.3 is 15.4 Å². The maximum absolute atomic E-state index is 11.9. The SMILES string of the molecule is CCC(CCO)NC(=O)Cc1c(C)nc(=O)[nH]c1C. The van der Waals surface area contributed by atoms with Crippen LogP contribution in [0.3, 0.4) is 0 Å². The summed E-state index contributed by atoms with van der Waals surface area (Å²) in [5.41, 5.74) is 1.59. The zero-order valence-electron chi connectivity index (χ0n) is 11.6. The molecule has 1 unspecified atom stereocenters. The van der Waals surface area contributed by atoms with Crippen LogP contribution in [0, 0.1) is 13.8 Å². The van der Waals surface area contributed by atoms with Gasteiger partial charge in [-0.05, 0) is 26.7 Å². The van der Waals surface area contributed by atoms with Crippen molar-refractivity contribution in [2.24, 2.45) is 0 Å². The number of aromatic amines is 1. The summed E-state index contributed by atoms with van der Waals surface area (Å²) in [4.78, 5) is 29.5. The van der Waals surface area contributed by atoms with Gasteiger partial charge in [-0.25, -0.2) is 4.79 Å². The molecule has 106 valence electrons. The highest BCUT2D eigenvalue weighted by Crippen LogP contribution is 2.08. The molecule has 1 aromatic rings. The third kappa shape index (κ3) is 4.48. The average Bonchev–Trinajstić information content (AvgIpc) is 2.33. The topological polar surface area (TPSA) is 95.1 Å². The number of hydrogen-bond donors (Lipinski definition) is 3. The molecular formula is C13H21N3O3. The standard InChI is InChI=1S/C13H21N3O3/c1-4-10(5-6-17)16-12(18)7-11-8(2)14-13(19)15-9(11)3/h10,17H,4-7H2,1-3H3,(H,16,18)(H,14,15,19). The highest BCUT2D eigenvalue weighted by molar-refractivity contribution is 5.79. The maximum Gasteiger partial charge on any atom is 0.345 e. The molecule has 0 radical (unpaired) electrons. The van der Waals surface area contributed by atoms with Crippen LogP contribution < -0.4 is 11.0 Å². The second-order valence-corrected chi connectivity index (χ2v) is 4.59. The first kappa shape index (κ1) is 15.4. The number of carbonyl (C=O) groups is 1. The summed E-state index contributed by atoms with van der Waals surface area (Å²) >= 11 is 0. The Balaban J connectivity index is 2.74. The number of hydrogen-bond acceptors (Lipinski definition) is 4. The van der Waals surface area contributed by atoms with Gasteiger partial charge in [-0.15, -0.1) is 0 Å². The number of rotatable bonds is 6. The van der Waals surface area contributed by atoms with E-state index in [0.717, 1.165) is 12.0 Å². The Hall–Kier alpha value is -1.69. The van der Waals surface area contributed by atoms with Crippen molar-refractivity contribution in [2.75, 3.05) is 6.61 Å². The molecule has 1 atom stereocenters. The Morgan fingerprint density at radius 1 is 1.47 bits per heavy atom. The van der Waals surface area contributed by atoms with Gasteiger partial charge in [0.15, 0.2) is 0 Å². The highest BCUT2D eigenvalue weighted by Gasteiger charge is 2.14. The van der Waals surface area contributed by atoms with Crippen LogP contribution in [-0.4, -0.2) is 33.6 Å². The van der Waals surface area contributed by atoms with Crippen LogP contribution in [-0.2, 0) is 11.2 Å². The first-order chi connectivity index (χ1) is 8.97. The molecule has 1 amide bonds. The molecule has 6 heteroatoms. The number of aliphatic hydroxyl groups excluding tert-OH is 1. The number of amides is 1. The third-order valence-electron chi connectivity index (χ3n) is 3.13. The lowest BCUT2D eigenvalue weighted by molar-refractivity contribution is -0.121. The fourth-order valence-corrected chi connectivity index (χ4v) is 1.99. The Morgan fingerprint density at radius 2 is 2.16 bits per heavy atom. The summed E-state index contributed by atoms with van der Waals surface area (Å²) < 4.78 is 0. The third-order valence-corrected chi connectivity index (χ3v) is 3.13. The number of nitrogens with zero attached hydrogens (tertiary/aromatic N) is 1. The van der Waals surface area contributed by atoms with Gasteiger partial charge in [0.1, 0.15) is 0 Å². The van der Waals surface area contributed by atoms with Gasteiger partial charge in [0, 0.05) is 29.6 Å². The van der Waals surface area contributed by atoms with Crippen molar-refractivity contribution in [3.8, 4) is 0 Å². The Bertz CT molecular complexity index is 470. The number of H-pyrrole nitrogens is 1. The fourth-order valence-electron chi connectivity index (χ4n) is 1.99. The van der Waals surface area contributed by atoms with E-state index in [1.54, 1.807) is 13.8 Å². The van der Waals surface area contributed by atoms with Crippen molar-refractivity contribution in [1.82, 2.24) is 15.3 Å². The Kier molecular flexibility index (Phi) is 5.69. The zero-order chi connectivity index (χ0) is 14.4. The van der Waals surface area contributed by atoms with E-state index in [1.807, 2.05) is 6.92 Å². The molecule has 0 bridgehead atoms. The number of nitrogens with one attached hydrogen (secondary N) is 2. The predicted octanol–water partition coefficient (Wildman–Crippen LogP) is 0.206. The van der Waals surface area contributed by atoms with Gasteiger partial charge in [0.2, 0.25) is 5.91 Å². The van der Waals surface area contributed by atoms with Crippen molar-refractivity contribution in [3.05, 3.63) is 27.4 Å². The second kappa shape index (κ2) is 7.04. The lowest BCUT2D eigenvalue weighted by atomic mass is 10.1. The van der Waals surface area contributed by atoms with E-state index < -0.39 is 5.69 Å². The van der Waals surface area contributed by atoms with Gasteiger partial charge in [-0.1, -0.05) is 6.92 Å². The smallest absolute Gasteiger partial charge is 0.345 e. The molecule has 19 heavy (non-hydrogen) atoms. The molecule has 6 nitrogen and oxygen atoms in total.